The van der Waals surface area contributed by atoms with Crippen LogP contribution in [-0.4, -0.2) is 45.2 Å². The van der Waals surface area contributed by atoms with Crippen LogP contribution in [0.3, 0.4) is 0 Å². The van der Waals surface area contributed by atoms with Gasteiger partial charge in [-0.05, 0) is 37.5 Å². The van der Waals surface area contributed by atoms with Crippen LogP contribution in [0.4, 0.5) is 5.69 Å². The highest BCUT2D eigenvalue weighted by Gasteiger charge is 2.27. The Morgan fingerprint density at radius 1 is 1.18 bits per heavy atom. The molecule has 1 amide bonds. The highest BCUT2D eigenvalue weighted by atomic mass is 127. The first-order valence-corrected chi connectivity index (χ1v) is 11.2. The van der Waals surface area contributed by atoms with Gasteiger partial charge in [0.2, 0.25) is 5.91 Å². The normalized spacial score (nSPS) is 18.1. The van der Waals surface area contributed by atoms with Gasteiger partial charge >= 0.3 is 0 Å². The molecule has 2 atom stereocenters. The average Bonchev–Trinajstić information content (AvgIpc) is 2.79. The molecule has 8 heteroatoms. The van der Waals surface area contributed by atoms with Gasteiger partial charge in [-0.1, -0.05) is 35.9 Å². The lowest BCUT2D eigenvalue weighted by atomic mass is 9.89. The zero-order valence-electron chi connectivity index (χ0n) is 19.6. The van der Waals surface area contributed by atoms with Crippen molar-refractivity contribution < 1.29 is 14.3 Å². The molecule has 0 saturated carbocycles. The molecule has 0 radical (unpaired) electrons. The summed E-state index contributed by atoms with van der Waals surface area (Å²) < 4.78 is 11.9. The molecule has 1 saturated heterocycles. The predicted octanol–water partition coefficient (Wildman–Crippen LogP) is 4.28. The minimum Gasteiger partial charge on any atom is -0.492 e. The lowest BCUT2D eigenvalue weighted by Crippen LogP contribution is -2.43. The maximum atomic E-state index is 11.2. The second kappa shape index (κ2) is 14.0. The number of halogens is 1. The quantitative estimate of drug-likeness (QED) is 0.192. The van der Waals surface area contributed by atoms with Gasteiger partial charge in [-0.2, -0.15) is 0 Å². The summed E-state index contributed by atoms with van der Waals surface area (Å²) in [4.78, 5) is 15.5. The average molecular weight is 566 g/mol. The van der Waals surface area contributed by atoms with Crippen LogP contribution in [0.25, 0.3) is 0 Å². The number of aliphatic imine (C=N–C) groups is 1. The van der Waals surface area contributed by atoms with Crippen LogP contribution < -0.4 is 20.7 Å². The minimum atomic E-state index is -0.105. The molecule has 0 aliphatic carbocycles. The molecule has 1 heterocycles. The molecule has 1 fully saturated rings. The Balaban J connectivity index is 0.00000385. The Hall–Kier alpha value is -2.33. The van der Waals surface area contributed by atoms with Gasteiger partial charge in [0.05, 0.1) is 12.6 Å². The number of ether oxygens (including phenoxy) is 2. The predicted molar refractivity (Wildman–Crippen MR) is 144 cm³/mol. The maximum absolute atomic E-state index is 11.2. The summed E-state index contributed by atoms with van der Waals surface area (Å²) in [5.41, 5.74) is 3.21. The Morgan fingerprint density at radius 3 is 2.70 bits per heavy atom. The van der Waals surface area contributed by atoms with E-state index < -0.39 is 0 Å². The number of nitrogens with one attached hydrogen (secondary N) is 3. The smallest absolute Gasteiger partial charge is 0.221 e. The molecule has 3 rings (SSSR count). The molecule has 2 aromatic rings. The van der Waals surface area contributed by atoms with Gasteiger partial charge in [-0.25, -0.2) is 0 Å². The Morgan fingerprint density at radius 2 is 1.97 bits per heavy atom. The van der Waals surface area contributed by atoms with E-state index in [1.807, 2.05) is 24.3 Å². The minimum absolute atomic E-state index is 0. The monoisotopic (exact) mass is 566 g/mol. The molecule has 180 valence electrons. The number of carbonyl (C=O) groups is 1. The van der Waals surface area contributed by atoms with Crippen molar-refractivity contribution in [3.63, 3.8) is 0 Å². The molecular formula is C25H35IN4O3. The summed E-state index contributed by atoms with van der Waals surface area (Å²) in [5.74, 6) is 1.74. The lowest BCUT2D eigenvalue weighted by molar-refractivity contribution is -0.114. The van der Waals surface area contributed by atoms with Crippen LogP contribution in [0.15, 0.2) is 53.5 Å². The number of benzene rings is 2. The van der Waals surface area contributed by atoms with Gasteiger partial charge in [0, 0.05) is 44.8 Å². The number of anilines is 1. The van der Waals surface area contributed by atoms with E-state index in [4.69, 9.17) is 9.47 Å². The Bertz CT molecular complexity index is 905. The third-order valence-corrected chi connectivity index (χ3v) is 5.42. The first kappa shape index (κ1) is 26.9. The van der Waals surface area contributed by atoms with Crippen LogP contribution in [0, 0.1) is 12.8 Å². The van der Waals surface area contributed by atoms with Gasteiger partial charge in [-0.15, -0.1) is 24.0 Å². The molecule has 1 aliphatic rings. The van der Waals surface area contributed by atoms with Gasteiger partial charge < -0.3 is 25.4 Å². The molecule has 2 unspecified atom stereocenters. The van der Waals surface area contributed by atoms with E-state index >= 15 is 0 Å². The topological polar surface area (TPSA) is 84.0 Å². The van der Waals surface area contributed by atoms with E-state index in [-0.39, 0.29) is 36.0 Å². The number of aryl methyl sites for hydroxylation is 1. The SMILES string of the molecule is CN=C(NCCOc1cccc(NC(C)=O)c1)NCC1CCCOC1c1ccc(C)cc1.I. The number of guanidine groups is 1. The van der Waals surface area contributed by atoms with Crippen molar-refractivity contribution in [2.75, 3.05) is 38.7 Å². The summed E-state index contributed by atoms with van der Waals surface area (Å²) in [6.45, 7) is 6.26. The lowest BCUT2D eigenvalue weighted by Gasteiger charge is -2.32. The van der Waals surface area contributed by atoms with Crippen molar-refractivity contribution in [1.82, 2.24) is 10.6 Å². The van der Waals surface area contributed by atoms with E-state index in [1.54, 1.807) is 7.05 Å². The largest absolute Gasteiger partial charge is 0.492 e. The van der Waals surface area contributed by atoms with Crippen LogP contribution in [-0.2, 0) is 9.53 Å². The van der Waals surface area contributed by atoms with Gasteiger partial charge in [-0.3, -0.25) is 9.79 Å². The van der Waals surface area contributed by atoms with Crippen molar-refractivity contribution in [3.8, 4) is 5.75 Å². The summed E-state index contributed by atoms with van der Waals surface area (Å²) in [7, 11) is 1.77. The third-order valence-electron chi connectivity index (χ3n) is 5.42. The van der Waals surface area contributed by atoms with Crippen LogP contribution in [0.1, 0.15) is 37.0 Å². The number of rotatable bonds is 8. The fourth-order valence-electron chi connectivity index (χ4n) is 3.83. The van der Waals surface area contributed by atoms with Gasteiger partial charge in [0.1, 0.15) is 12.4 Å². The van der Waals surface area contributed by atoms with Crippen LogP contribution in [0.5, 0.6) is 5.75 Å². The molecule has 33 heavy (non-hydrogen) atoms. The number of hydrogen-bond donors (Lipinski definition) is 3. The molecule has 0 spiro atoms. The fraction of sp³-hybridized carbons (Fsp3) is 0.440. The second-order valence-corrected chi connectivity index (χ2v) is 8.04. The van der Waals surface area contributed by atoms with Crippen LogP contribution >= 0.6 is 24.0 Å². The van der Waals surface area contributed by atoms with Crippen molar-refractivity contribution in [1.29, 1.82) is 0 Å². The molecule has 0 aromatic heterocycles. The second-order valence-electron chi connectivity index (χ2n) is 8.04. The van der Waals surface area contributed by atoms with E-state index in [9.17, 15) is 4.79 Å². The number of amides is 1. The van der Waals surface area contributed by atoms with E-state index in [1.165, 1.54) is 18.1 Å². The molecule has 1 aliphatic heterocycles. The first-order valence-electron chi connectivity index (χ1n) is 11.2. The fourth-order valence-corrected chi connectivity index (χ4v) is 3.83. The summed E-state index contributed by atoms with van der Waals surface area (Å²) in [5, 5.41) is 9.48. The van der Waals surface area contributed by atoms with Crippen LogP contribution in [0.2, 0.25) is 0 Å². The molecule has 7 nitrogen and oxygen atoms in total. The Labute approximate surface area is 213 Å². The van der Waals surface area contributed by atoms with Gasteiger partial charge in [0.15, 0.2) is 5.96 Å². The zero-order chi connectivity index (χ0) is 22.8. The van der Waals surface area contributed by atoms with E-state index in [0.29, 0.717) is 24.8 Å². The maximum Gasteiger partial charge on any atom is 0.221 e. The summed E-state index contributed by atoms with van der Waals surface area (Å²) >= 11 is 0. The highest BCUT2D eigenvalue weighted by molar-refractivity contribution is 14.0. The summed E-state index contributed by atoms with van der Waals surface area (Å²) in [6.07, 6.45) is 2.30. The molecule has 3 N–H and O–H groups in total. The number of hydrogen-bond acceptors (Lipinski definition) is 4. The third kappa shape index (κ3) is 8.85. The zero-order valence-corrected chi connectivity index (χ0v) is 21.9. The van der Waals surface area contributed by atoms with Crippen molar-refractivity contribution >= 4 is 41.5 Å². The molecule has 0 bridgehead atoms. The van der Waals surface area contributed by atoms with E-state index in [0.717, 1.165) is 37.6 Å². The van der Waals surface area contributed by atoms with Crippen molar-refractivity contribution in [2.24, 2.45) is 10.9 Å². The first-order chi connectivity index (χ1) is 15.5. The summed E-state index contributed by atoms with van der Waals surface area (Å²) in [6, 6.07) is 16.0. The standard InChI is InChI=1S/C25H34N4O3.HI/c1-18-9-11-20(12-10-18)24-21(6-5-14-32-24)17-28-25(26-3)27-13-15-31-23-8-4-7-22(16-23)29-19(2)30;/h4,7-12,16,21,24H,5-6,13-15,17H2,1-3H3,(H,29,30)(H2,26,27,28);1H. The number of nitrogens with zero attached hydrogens (tertiary/aromatic N) is 1. The highest BCUT2D eigenvalue weighted by Crippen LogP contribution is 2.33. The van der Waals surface area contributed by atoms with Crippen molar-refractivity contribution in [2.45, 2.75) is 32.8 Å². The van der Waals surface area contributed by atoms with Crippen molar-refractivity contribution in [3.05, 3.63) is 59.7 Å². The van der Waals surface area contributed by atoms with E-state index in [2.05, 4.69) is 52.1 Å². The van der Waals surface area contributed by atoms with Gasteiger partial charge in [0.25, 0.3) is 0 Å². The number of carbonyl (C=O) groups excluding carboxylic acids is 1. The Kier molecular flexibility index (Phi) is 11.5. The molecule has 2 aromatic carbocycles. The molecular weight excluding hydrogens is 531 g/mol.